The Bertz CT molecular complexity index is 1250. The molecule has 4 aromatic rings. The third-order valence-electron chi connectivity index (χ3n) is 5.35. The van der Waals surface area contributed by atoms with E-state index < -0.39 is 0 Å². The molecule has 1 aliphatic rings. The molecule has 29 heavy (non-hydrogen) atoms. The number of hydrogen-bond acceptors (Lipinski definition) is 3. The lowest BCUT2D eigenvalue weighted by Crippen LogP contribution is -2.17. The van der Waals surface area contributed by atoms with Gasteiger partial charge in [-0.15, -0.1) is 0 Å². The van der Waals surface area contributed by atoms with Gasteiger partial charge in [0.25, 0.3) is 5.56 Å². The molecule has 0 amide bonds. The molecule has 5 nitrogen and oxygen atoms in total. The van der Waals surface area contributed by atoms with Gasteiger partial charge in [-0.05, 0) is 61.2 Å². The van der Waals surface area contributed by atoms with Crippen molar-refractivity contribution in [1.82, 2.24) is 14.2 Å². The van der Waals surface area contributed by atoms with Gasteiger partial charge < -0.3 is 4.74 Å². The molecule has 146 valence electrons. The highest BCUT2D eigenvalue weighted by molar-refractivity contribution is 6.30. The van der Waals surface area contributed by atoms with E-state index in [2.05, 4.69) is 6.92 Å². The maximum atomic E-state index is 12.7. The molecule has 1 aromatic carbocycles. The average molecular weight is 406 g/mol. The van der Waals surface area contributed by atoms with Gasteiger partial charge in [-0.1, -0.05) is 23.7 Å². The van der Waals surface area contributed by atoms with Crippen molar-refractivity contribution in [2.24, 2.45) is 0 Å². The zero-order valence-electron chi connectivity index (χ0n) is 16.0. The van der Waals surface area contributed by atoms with Gasteiger partial charge in [0.2, 0.25) is 0 Å². The molecule has 0 aliphatic heterocycles. The van der Waals surface area contributed by atoms with Gasteiger partial charge in [0.1, 0.15) is 12.4 Å². The third kappa shape index (κ3) is 3.54. The number of ether oxygens (including phenoxy) is 1. The lowest BCUT2D eigenvalue weighted by Gasteiger charge is -2.09. The summed E-state index contributed by atoms with van der Waals surface area (Å²) in [6.07, 6.45) is 6.10. The molecule has 3 heterocycles. The fraction of sp³-hybridized carbons (Fsp3) is 0.217. The van der Waals surface area contributed by atoms with E-state index in [1.165, 1.54) is 30.2 Å². The van der Waals surface area contributed by atoms with Gasteiger partial charge in [-0.2, -0.15) is 5.10 Å². The van der Waals surface area contributed by atoms with Gasteiger partial charge in [-0.25, -0.2) is 4.52 Å². The van der Waals surface area contributed by atoms with E-state index in [0.717, 1.165) is 16.8 Å². The Hall–Kier alpha value is -3.05. The second kappa shape index (κ2) is 7.08. The quantitative estimate of drug-likeness (QED) is 0.474. The second-order valence-corrected chi connectivity index (χ2v) is 7.92. The predicted octanol–water partition coefficient (Wildman–Crippen LogP) is 4.90. The van der Waals surface area contributed by atoms with E-state index in [0.29, 0.717) is 23.3 Å². The van der Waals surface area contributed by atoms with Crippen molar-refractivity contribution in [2.75, 3.05) is 0 Å². The largest absolute Gasteiger partial charge is 0.489 e. The molecule has 1 aliphatic carbocycles. The zero-order valence-corrected chi connectivity index (χ0v) is 16.8. The number of benzene rings is 1. The number of fused-ring (bicyclic) bond motifs is 1. The Labute approximate surface area is 173 Å². The molecule has 0 unspecified atom stereocenters. The summed E-state index contributed by atoms with van der Waals surface area (Å²) in [5, 5.41) is 5.39. The second-order valence-electron chi connectivity index (χ2n) is 7.49. The van der Waals surface area contributed by atoms with Crippen LogP contribution in [-0.4, -0.2) is 14.2 Å². The van der Waals surface area contributed by atoms with Crippen LogP contribution in [0.1, 0.15) is 35.6 Å². The number of aryl methyl sites for hydroxylation is 1. The summed E-state index contributed by atoms with van der Waals surface area (Å²) in [6.45, 7) is 2.49. The SMILES string of the molecule is Cc1c(C2CC2)nn2ccc(-n3ccc(OCc4ccc(Cl)cc4)cc3=O)cc12. The number of aromatic nitrogens is 3. The third-order valence-corrected chi connectivity index (χ3v) is 5.61. The first-order valence-electron chi connectivity index (χ1n) is 9.68. The van der Waals surface area contributed by atoms with Crippen LogP contribution in [0.15, 0.2) is 65.7 Å². The zero-order chi connectivity index (χ0) is 20.0. The molecule has 6 heteroatoms. The molecule has 0 N–H and O–H groups in total. The van der Waals surface area contributed by atoms with Crippen molar-refractivity contribution in [3.8, 4) is 11.4 Å². The summed E-state index contributed by atoms with van der Waals surface area (Å²) in [5.41, 5.74) is 5.09. The smallest absolute Gasteiger partial charge is 0.258 e. The van der Waals surface area contributed by atoms with Crippen molar-refractivity contribution < 1.29 is 4.74 Å². The molecule has 1 fully saturated rings. The number of rotatable bonds is 5. The normalized spacial score (nSPS) is 13.7. The molecule has 0 atom stereocenters. The molecular formula is C23H20ClN3O2. The number of hydrogen-bond donors (Lipinski definition) is 0. The summed E-state index contributed by atoms with van der Waals surface area (Å²) in [5.74, 6) is 1.14. The van der Waals surface area contributed by atoms with Crippen LogP contribution in [0.4, 0.5) is 0 Å². The monoisotopic (exact) mass is 405 g/mol. The van der Waals surface area contributed by atoms with E-state index in [1.54, 1.807) is 16.8 Å². The van der Waals surface area contributed by atoms with Crippen LogP contribution in [-0.2, 0) is 6.61 Å². The van der Waals surface area contributed by atoms with Crippen molar-refractivity contribution in [1.29, 1.82) is 0 Å². The standard InChI is InChI=1S/C23H20ClN3O2/c1-15-21-12-19(8-11-27(21)25-23(15)17-4-5-17)26-10-9-20(13-22(26)28)29-14-16-2-6-18(24)7-3-16/h2-3,6-13,17H,4-5,14H2,1H3. The molecule has 5 rings (SSSR count). The van der Waals surface area contributed by atoms with Crippen molar-refractivity contribution in [3.63, 3.8) is 0 Å². The van der Waals surface area contributed by atoms with Crippen LogP contribution in [0.25, 0.3) is 11.2 Å². The first kappa shape index (κ1) is 18.0. The summed E-state index contributed by atoms with van der Waals surface area (Å²) >= 11 is 5.90. The topological polar surface area (TPSA) is 48.5 Å². The van der Waals surface area contributed by atoms with Crippen LogP contribution in [0.5, 0.6) is 5.75 Å². The molecule has 3 aromatic heterocycles. The van der Waals surface area contributed by atoms with Gasteiger partial charge in [0, 0.05) is 29.4 Å². The molecule has 0 radical (unpaired) electrons. The maximum absolute atomic E-state index is 12.7. The summed E-state index contributed by atoms with van der Waals surface area (Å²) in [7, 11) is 0. The summed E-state index contributed by atoms with van der Waals surface area (Å²) < 4.78 is 9.29. The van der Waals surface area contributed by atoms with Gasteiger partial charge in [0.15, 0.2) is 0 Å². The molecule has 1 saturated carbocycles. The Morgan fingerprint density at radius 2 is 1.90 bits per heavy atom. The highest BCUT2D eigenvalue weighted by atomic mass is 35.5. The molecule has 0 saturated heterocycles. The fourth-order valence-corrected chi connectivity index (χ4v) is 3.70. The van der Waals surface area contributed by atoms with Crippen LogP contribution < -0.4 is 10.3 Å². The van der Waals surface area contributed by atoms with Crippen molar-refractivity contribution in [2.45, 2.75) is 32.3 Å². The lowest BCUT2D eigenvalue weighted by atomic mass is 10.1. The number of halogens is 1. The first-order chi connectivity index (χ1) is 14.1. The minimum absolute atomic E-state index is 0.137. The summed E-state index contributed by atoms with van der Waals surface area (Å²) in [4.78, 5) is 12.7. The highest BCUT2D eigenvalue weighted by Crippen LogP contribution is 2.41. The Kier molecular flexibility index (Phi) is 4.40. The van der Waals surface area contributed by atoms with Crippen LogP contribution in [0.3, 0.4) is 0 Å². The summed E-state index contributed by atoms with van der Waals surface area (Å²) in [6, 6.07) is 14.7. The Balaban J connectivity index is 1.40. The fourth-order valence-electron chi connectivity index (χ4n) is 3.58. The Morgan fingerprint density at radius 3 is 2.62 bits per heavy atom. The van der Waals surface area contributed by atoms with E-state index in [4.69, 9.17) is 21.4 Å². The number of nitrogens with zero attached hydrogens (tertiary/aromatic N) is 3. The predicted molar refractivity (Wildman–Crippen MR) is 113 cm³/mol. The van der Waals surface area contributed by atoms with Crippen LogP contribution in [0, 0.1) is 6.92 Å². The lowest BCUT2D eigenvalue weighted by molar-refractivity contribution is 0.305. The van der Waals surface area contributed by atoms with Crippen LogP contribution in [0.2, 0.25) is 5.02 Å². The average Bonchev–Trinajstić information content (AvgIpc) is 3.52. The minimum Gasteiger partial charge on any atom is -0.489 e. The van der Waals surface area contributed by atoms with Crippen molar-refractivity contribution in [3.05, 3.63) is 93.1 Å². The molecule has 0 spiro atoms. The van der Waals surface area contributed by atoms with Gasteiger partial charge in [0.05, 0.1) is 16.9 Å². The minimum atomic E-state index is -0.137. The van der Waals surface area contributed by atoms with E-state index >= 15 is 0 Å². The van der Waals surface area contributed by atoms with Crippen LogP contribution >= 0.6 is 11.6 Å². The maximum Gasteiger partial charge on any atom is 0.258 e. The van der Waals surface area contributed by atoms with E-state index in [9.17, 15) is 4.79 Å². The highest BCUT2D eigenvalue weighted by Gasteiger charge is 2.28. The first-order valence-corrected chi connectivity index (χ1v) is 10.1. The molecule has 0 bridgehead atoms. The van der Waals surface area contributed by atoms with Crippen molar-refractivity contribution >= 4 is 17.1 Å². The molecular weight excluding hydrogens is 386 g/mol. The van der Waals surface area contributed by atoms with E-state index in [-0.39, 0.29) is 5.56 Å². The number of pyridine rings is 2. The van der Waals surface area contributed by atoms with Gasteiger partial charge >= 0.3 is 0 Å². The van der Waals surface area contributed by atoms with E-state index in [1.807, 2.05) is 47.1 Å². The van der Waals surface area contributed by atoms with Gasteiger partial charge in [-0.3, -0.25) is 9.36 Å². The Morgan fingerprint density at radius 1 is 1.10 bits per heavy atom.